The maximum atomic E-state index is 13.6. The summed E-state index contributed by atoms with van der Waals surface area (Å²) in [6.45, 7) is 4.70. The largest absolute Gasteiger partial charge is 0.496 e. The van der Waals surface area contributed by atoms with Crippen molar-refractivity contribution in [2.45, 2.75) is 57.6 Å². The highest BCUT2D eigenvalue weighted by molar-refractivity contribution is 7.89. The summed E-state index contributed by atoms with van der Waals surface area (Å²) in [7, 11) is -2.75. The fourth-order valence-corrected chi connectivity index (χ4v) is 7.35. The quantitative estimate of drug-likeness (QED) is 0.145. The summed E-state index contributed by atoms with van der Waals surface area (Å²) < 4.78 is 38.6. The van der Waals surface area contributed by atoms with Gasteiger partial charge in [0.15, 0.2) is 0 Å². The number of carboxylic acids is 1. The molecule has 43 heavy (non-hydrogen) atoms. The zero-order chi connectivity index (χ0) is 31.5. The number of hydrogen-bond acceptors (Lipinski definition) is 7. The predicted octanol–water partition coefficient (Wildman–Crippen LogP) is 4.24. The number of carbonyl (C=O) groups is 2. The van der Waals surface area contributed by atoms with Crippen LogP contribution in [0.3, 0.4) is 0 Å². The molecule has 0 fully saturated rings. The van der Waals surface area contributed by atoms with Crippen LogP contribution in [-0.2, 0) is 32.6 Å². The molecule has 0 bridgehead atoms. The molecular weight excluding hydrogens is 572 g/mol. The molecule has 5 N–H and O–H groups in total. The first kappa shape index (κ1) is 31.4. The number of hydrogen-bond donors (Lipinski definition) is 4. The Morgan fingerprint density at radius 2 is 1.79 bits per heavy atom. The van der Waals surface area contributed by atoms with Crippen molar-refractivity contribution < 1.29 is 32.6 Å². The predicted molar refractivity (Wildman–Crippen MR) is 162 cm³/mol. The maximum Gasteiger partial charge on any atom is 0.408 e. The van der Waals surface area contributed by atoms with E-state index in [4.69, 9.17) is 20.6 Å². The third kappa shape index (κ3) is 6.43. The third-order valence-corrected chi connectivity index (χ3v) is 9.87. The molecule has 0 unspecified atom stereocenters. The second kappa shape index (κ2) is 12.7. The van der Waals surface area contributed by atoms with Crippen molar-refractivity contribution >= 4 is 28.0 Å². The van der Waals surface area contributed by atoms with E-state index in [2.05, 4.69) is 17.4 Å². The molecule has 0 spiro atoms. The van der Waals surface area contributed by atoms with Crippen LogP contribution in [0.25, 0.3) is 11.1 Å². The number of carbonyl (C=O) groups excluding carboxylic acids is 1. The Balaban J connectivity index is 1.39. The van der Waals surface area contributed by atoms with Crippen molar-refractivity contribution in [1.29, 1.82) is 5.41 Å². The fraction of sp³-hybridized carbons (Fsp3) is 0.323. The molecule has 1 aliphatic rings. The Labute approximate surface area is 251 Å². The van der Waals surface area contributed by atoms with Gasteiger partial charge in [-0.3, -0.25) is 5.41 Å². The number of benzene rings is 3. The average molecular weight is 609 g/mol. The number of amides is 1. The molecule has 0 saturated carbocycles. The lowest BCUT2D eigenvalue weighted by atomic mass is 10.0. The van der Waals surface area contributed by atoms with Gasteiger partial charge in [-0.2, -0.15) is 0 Å². The molecule has 1 amide bonds. The number of nitrogens with one attached hydrogen (secondary N) is 2. The Bertz CT molecular complexity index is 1690. The molecule has 0 saturated heterocycles. The number of fused-ring (bicyclic) bond motifs is 3. The molecule has 1 atom stereocenters. The van der Waals surface area contributed by atoms with Gasteiger partial charge in [-0.05, 0) is 90.6 Å². The Morgan fingerprint density at radius 1 is 1.09 bits per heavy atom. The summed E-state index contributed by atoms with van der Waals surface area (Å²) in [6, 6.07) is 14.1. The molecule has 0 heterocycles. The van der Waals surface area contributed by atoms with Gasteiger partial charge in [0.05, 0.1) is 12.0 Å². The molecule has 4 rings (SSSR count). The molecular formula is C31H36N4O7S. The molecule has 228 valence electrons. The molecule has 0 aliphatic heterocycles. The minimum Gasteiger partial charge on any atom is -0.496 e. The standard InChI is InChI=1S/C31H36N4O7S/c1-18-15-27(41-4)19(2)20(3)28(18)43(39,40)35(30(32)33)14-8-13-26(29(36)37)34-31(38)42-17-22-10-7-12-24-23-11-6-5-9-21(23)16-25(22)24/h5-7,9-12,15,26H,8,13-14,16-17H2,1-4H3,(H3,32,33)(H,34,38)(H,36,37)/t26-/m0/s1. The fourth-order valence-electron chi connectivity index (χ4n) is 5.49. The van der Waals surface area contributed by atoms with Crippen LogP contribution in [0, 0.1) is 26.2 Å². The van der Waals surface area contributed by atoms with E-state index in [0.717, 1.165) is 33.0 Å². The first-order valence-corrected chi connectivity index (χ1v) is 15.2. The van der Waals surface area contributed by atoms with Crippen LogP contribution in [0.2, 0.25) is 0 Å². The van der Waals surface area contributed by atoms with Gasteiger partial charge >= 0.3 is 12.1 Å². The minimum absolute atomic E-state index is 0.00621. The zero-order valence-electron chi connectivity index (χ0n) is 24.6. The summed E-state index contributed by atoms with van der Waals surface area (Å²) >= 11 is 0. The van der Waals surface area contributed by atoms with E-state index in [1.807, 2.05) is 30.3 Å². The van der Waals surface area contributed by atoms with E-state index in [1.165, 1.54) is 12.7 Å². The molecule has 3 aromatic rings. The van der Waals surface area contributed by atoms with E-state index in [0.29, 0.717) is 22.4 Å². The van der Waals surface area contributed by atoms with E-state index in [1.54, 1.807) is 26.8 Å². The molecule has 0 radical (unpaired) electrons. The normalized spacial score (nSPS) is 12.6. The SMILES string of the molecule is COc1cc(C)c(S(=O)(=O)N(CCC[C@H](NC(=O)OCc2cccc3c2Cc2ccccc2-3)C(=O)O)C(=N)N)c(C)c1C. The van der Waals surface area contributed by atoms with Gasteiger partial charge in [-0.25, -0.2) is 22.3 Å². The molecule has 0 aromatic heterocycles. The van der Waals surface area contributed by atoms with Crippen LogP contribution in [-0.4, -0.2) is 55.5 Å². The third-order valence-electron chi connectivity index (χ3n) is 7.77. The number of methoxy groups -OCH3 is 1. The van der Waals surface area contributed by atoms with Gasteiger partial charge in [-0.1, -0.05) is 42.5 Å². The van der Waals surface area contributed by atoms with Crippen LogP contribution >= 0.6 is 0 Å². The number of aliphatic carboxylic acids is 1. The zero-order valence-corrected chi connectivity index (χ0v) is 25.4. The number of ether oxygens (including phenoxy) is 2. The minimum atomic E-state index is -4.25. The van der Waals surface area contributed by atoms with Crippen molar-refractivity contribution in [2.75, 3.05) is 13.7 Å². The Hall–Kier alpha value is -4.58. The lowest BCUT2D eigenvalue weighted by Gasteiger charge is -2.26. The summed E-state index contributed by atoms with van der Waals surface area (Å²) in [5.74, 6) is -1.47. The van der Waals surface area contributed by atoms with Crippen LogP contribution in [0.4, 0.5) is 4.79 Å². The van der Waals surface area contributed by atoms with E-state index < -0.39 is 34.1 Å². The number of carboxylic acid groups (broad SMARTS) is 1. The topological polar surface area (TPSA) is 172 Å². The number of sulfonamides is 1. The van der Waals surface area contributed by atoms with Crippen molar-refractivity contribution in [3.8, 4) is 16.9 Å². The first-order valence-electron chi connectivity index (χ1n) is 13.7. The van der Waals surface area contributed by atoms with Crippen molar-refractivity contribution in [2.24, 2.45) is 5.73 Å². The van der Waals surface area contributed by atoms with Crippen LogP contribution in [0.5, 0.6) is 5.75 Å². The number of guanidine groups is 1. The number of nitrogens with two attached hydrogens (primary N) is 1. The summed E-state index contributed by atoms with van der Waals surface area (Å²) in [4.78, 5) is 24.5. The smallest absolute Gasteiger partial charge is 0.408 e. The Kier molecular flexibility index (Phi) is 9.29. The van der Waals surface area contributed by atoms with Crippen LogP contribution < -0.4 is 15.8 Å². The van der Waals surface area contributed by atoms with Gasteiger partial charge in [0.25, 0.3) is 10.0 Å². The van der Waals surface area contributed by atoms with E-state index in [-0.39, 0.29) is 30.9 Å². The lowest BCUT2D eigenvalue weighted by molar-refractivity contribution is -0.139. The van der Waals surface area contributed by atoms with Crippen molar-refractivity contribution in [3.63, 3.8) is 0 Å². The van der Waals surface area contributed by atoms with Gasteiger partial charge in [-0.15, -0.1) is 0 Å². The number of rotatable bonds is 11. The number of nitrogens with zero attached hydrogens (tertiary/aromatic N) is 1. The second-order valence-corrected chi connectivity index (χ2v) is 12.3. The second-order valence-electron chi connectivity index (χ2n) is 10.5. The highest BCUT2D eigenvalue weighted by Crippen LogP contribution is 2.38. The molecule has 12 heteroatoms. The number of alkyl carbamates (subject to hydrolysis) is 1. The highest BCUT2D eigenvalue weighted by atomic mass is 32.2. The van der Waals surface area contributed by atoms with Crippen LogP contribution in [0.1, 0.15) is 46.2 Å². The van der Waals surface area contributed by atoms with Gasteiger partial charge < -0.3 is 25.6 Å². The van der Waals surface area contributed by atoms with Crippen molar-refractivity contribution in [1.82, 2.24) is 9.62 Å². The van der Waals surface area contributed by atoms with Gasteiger partial charge in [0.1, 0.15) is 18.4 Å². The molecule has 3 aromatic carbocycles. The number of aryl methyl sites for hydroxylation is 1. The molecule has 11 nitrogen and oxygen atoms in total. The van der Waals surface area contributed by atoms with E-state index in [9.17, 15) is 23.1 Å². The average Bonchev–Trinajstić information content (AvgIpc) is 3.34. The molecule has 1 aliphatic carbocycles. The monoisotopic (exact) mass is 608 g/mol. The summed E-state index contributed by atoms with van der Waals surface area (Å²) in [6.07, 6.45) is -0.320. The summed E-state index contributed by atoms with van der Waals surface area (Å²) in [5, 5.41) is 20.0. The van der Waals surface area contributed by atoms with Gasteiger partial charge in [0, 0.05) is 6.54 Å². The Morgan fingerprint density at radius 3 is 2.47 bits per heavy atom. The highest BCUT2D eigenvalue weighted by Gasteiger charge is 2.31. The van der Waals surface area contributed by atoms with E-state index >= 15 is 0 Å². The first-order chi connectivity index (χ1) is 20.4. The van der Waals surface area contributed by atoms with Gasteiger partial charge in [0.2, 0.25) is 5.96 Å². The van der Waals surface area contributed by atoms with Crippen molar-refractivity contribution in [3.05, 3.63) is 81.9 Å². The lowest BCUT2D eigenvalue weighted by Crippen LogP contribution is -2.44. The maximum absolute atomic E-state index is 13.6. The summed E-state index contributed by atoms with van der Waals surface area (Å²) in [5.41, 5.74) is 12.5. The van der Waals surface area contributed by atoms with Crippen LogP contribution in [0.15, 0.2) is 53.4 Å².